The van der Waals surface area contributed by atoms with Gasteiger partial charge < -0.3 is 9.47 Å². The molecule has 30 heavy (non-hydrogen) atoms. The van der Waals surface area contributed by atoms with E-state index < -0.39 is 11.1 Å². The standard InChI is InChI=1S/C24H15NO5/c26-24(30-20-11-9-19(10-12-20)25(27)28)29-14-18-7-6-17-5-4-15-2-1-3-16-8-13-21(18)23(17)22(15)16/h1-13H,14H2. The molecule has 0 heterocycles. The minimum absolute atomic E-state index is 0.0555. The third-order valence-corrected chi connectivity index (χ3v) is 5.21. The number of nitro benzene ring substituents is 1. The van der Waals surface area contributed by atoms with Gasteiger partial charge >= 0.3 is 6.16 Å². The molecule has 5 aromatic carbocycles. The van der Waals surface area contributed by atoms with Crippen LogP contribution >= 0.6 is 0 Å². The number of hydrogen-bond donors (Lipinski definition) is 0. The zero-order chi connectivity index (χ0) is 20.7. The maximum Gasteiger partial charge on any atom is 0.514 e. The van der Waals surface area contributed by atoms with Crippen molar-refractivity contribution in [2.45, 2.75) is 6.61 Å². The maximum atomic E-state index is 12.1. The van der Waals surface area contributed by atoms with E-state index in [0.29, 0.717) is 0 Å². The molecule has 0 aromatic heterocycles. The molecule has 0 amide bonds. The van der Waals surface area contributed by atoms with Crippen molar-refractivity contribution in [2.75, 3.05) is 0 Å². The van der Waals surface area contributed by atoms with Gasteiger partial charge in [0.25, 0.3) is 5.69 Å². The summed E-state index contributed by atoms with van der Waals surface area (Å²) in [7, 11) is 0. The average molecular weight is 397 g/mol. The van der Waals surface area contributed by atoms with E-state index in [4.69, 9.17) is 9.47 Å². The predicted octanol–water partition coefficient (Wildman–Crippen LogP) is 6.21. The molecule has 0 aliphatic heterocycles. The zero-order valence-corrected chi connectivity index (χ0v) is 15.7. The minimum Gasteiger partial charge on any atom is -0.429 e. The van der Waals surface area contributed by atoms with Crippen LogP contribution in [0.5, 0.6) is 5.75 Å². The number of benzene rings is 5. The Morgan fingerprint density at radius 1 is 0.800 bits per heavy atom. The Kier molecular flexibility index (Phi) is 4.17. The summed E-state index contributed by atoms with van der Waals surface area (Å²) in [6.45, 7) is 0.0555. The van der Waals surface area contributed by atoms with Crippen molar-refractivity contribution in [3.8, 4) is 5.75 Å². The molecule has 0 spiro atoms. The van der Waals surface area contributed by atoms with E-state index in [1.54, 1.807) is 0 Å². The second kappa shape index (κ2) is 7.00. The number of carbonyl (C=O) groups excluding carboxylic acids is 1. The molecule has 0 aliphatic carbocycles. The highest BCUT2D eigenvalue weighted by Crippen LogP contribution is 2.36. The number of hydrogen-bond acceptors (Lipinski definition) is 5. The summed E-state index contributed by atoms with van der Waals surface area (Å²) in [6.07, 6.45) is -0.866. The fraction of sp³-hybridized carbons (Fsp3) is 0.0417. The van der Waals surface area contributed by atoms with E-state index >= 15 is 0 Å². The van der Waals surface area contributed by atoms with E-state index in [-0.39, 0.29) is 18.0 Å². The fourth-order valence-electron chi connectivity index (χ4n) is 3.82. The number of nitro groups is 1. The van der Waals surface area contributed by atoms with Crippen molar-refractivity contribution < 1.29 is 19.2 Å². The SMILES string of the molecule is O=C(OCc1ccc2ccc3cccc4ccc1c2c34)Oc1ccc([N+](=O)[O-])cc1. The van der Waals surface area contributed by atoms with Crippen LogP contribution < -0.4 is 4.74 Å². The quantitative estimate of drug-likeness (QED) is 0.118. The Labute approximate surface area is 170 Å². The number of nitrogens with zero attached hydrogens (tertiary/aromatic N) is 1. The summed E-state index contributed by atoms with van der Waals surface area (Å²) in [5.74, 6) is 0.181. The first-order valence-corrected chi connectivity index (χ1v) is 9.34. The van der Waals surface area contributed by atoms with Gasteiger partial charge in [-0.15, -0.1) is 0 Å². The lowest BCUT2D eigenvalue weighted by Gasteiger charge is -2.14. The van der Waals surface area contributed by atoms with Crippen molar-refractivity contribution in [2.24, 2.45) is 0 Å². The van der Waals surface area contributed by atoms with Crippen molar-refractivity contribution >= 4 is 44.2 Å². The monoisotopic (exact) mass is 397 g/mol. The van der Waals surface area contributed by atoms with Gasteiger partial charge in [-0.3, -0.25) is 10.1 Å². The van der Waals surface area contributed by atoms with Gasteiger partial charge in [0.05, 0.1) is 4.92 Å². The van der Waals surface area contributed by atoms with Crippen LogP contribution in [0.4, 0.5) is 10.5 Å². The molecular formula is C24H15NO5. The van der Waals surface area contributed by atoms with Gasteiger partial charge in [-0.25, -0.2) is 4.79 Å². The third kappa shape index (κ3) is 3.04. The largest absolute Gasteiger partial charge is 0.514 e. The zero-order valence-electron chi connectivity index (χ0n) is 15.7. The van der Waals surface area contributed by atoms with Gasteiger partial charge in [0.1, 0.15) is 12.4 Å². The molecule has 0 radical (unpaired) electrons. The molecule has 0 atom stereocenters. The molecule has 0 fully saturated rings. The van der Waals surface area contributed by atoms with E-state index in [1.165, 1.54) is 40.4 Å². The van der Waals surface area contributed by atoms with Crippen LogP contribution in [0.15, 0.2) is 78.9 Å². The predicted molar refractivity (Wildman–Crippen MR) is 114 cm³/mol. The van der Waals surface area contributed by atoms with Gasteiger partial charge in [-0.2, -0.15) is 0 Å². The van der Waals surface area contributed by atoms with E-state index in [2.05, 4.69) is 30.3 Å². The molecule has 0 unspecified atom stereocenters. The highest BCUT2D eigenvalue weighted by atomic mass is 16.7. The number of rotatable bonds is 4. The number of carbonyl (C=O) groups is 1. The van der Waals surface area contributed by atoms with Crippen LogP contribution in [-0.4, -0.2) is 11.1 Å². The van der Waals surface area contributed by atoms with Crippen LogP contribution in [0, 0.1) is 10.1 Å². The summed E-state index contributed by atoms with van der Waals surface area (Å²) >= 11 is 0. The Bertz CT molecular complexity index is 1390. The van der Waals surface area contributed by atoms with Crippen LogP contribution in [0.1, 0.15) is 5.56 Å². The molecule has 0 saturated carbocycles. The molecule has 146 valence electrons. The Morgan fingerprint density at radius 3 is 2.13 bits per heavy atom. The van der Waals surface area contributed by atoms with Gasteiger partial charge in [0.2, 0.25) is 0 Å². The number of ether oxygens (including phenoxy) is 2. The van der Waals surface area contributed by atoms with Gasteiger partial charge in [-0.05, 0) is 50.0 Å². The molecular weight excluding hydrogens is 382 g/mol. The molecule has 0 saturated heterocycles. The molecule has 0 aliphatic rings. The van der Waals surface area contributed by atoms with E-state index in [0.717, 1.165) is 21.7 Å². The fourth-order valence-corrected chi connectivity index (χ4v) is 3.82. The summed E-state index contributed by atoms with van der Waals surface area (Å²) < 4.78 is 10.4. The molecule has 6 nitrogen and oxygen atoms in total. The maximum absolute atomic E-state index is 12.1. The summed E-state index contributed by atoms with van der Waals surface area (Å²) in [5, 5.41) is 17.5. The van der Waals surface area contributed by atoms with Gasteiger partial charge in [0, 0.05) is 12.1 Å². The number of non-ortho nitro benzene ring substituents is 1. The topological polar surface area (TPSA) is 78.7 Å². The second-order valence-corrected chi connectivity index (χ2v) is 6.97. The molecule has 5 rings (SSSR count). The Balaban J connectivity index is 1.40. The highest BCUT2D eigenvalue weighted by molar-refractivity contribution is 6.23. The first-order chi connectivity index (χ1) is 14.6. The summed E-state index contributed by atoms with van der Waals surface area (Å²) in [5.41, 5.74) is 0.797. The minimum atomic E-state index is -0.866. The van der Waals surface area contributed by atoms with Crippen LogP contribution in [0.25, 0.3) is 32.3 Å². The first-order valence-electron chi connectivity index (χ1n) is 9.34. The lowest BCUT2D eigenvalue weighted by molar-refractivity contribution is -0.384. The Hall–Kier alpha value is -4.19. The summed E-state index contributed by atoms with van der Waals surface area (Å²) in [6, 6.07) is 23.8. The molecule has 6 heteroatoms. The molecule has 5 aromatic rings. The average Bonchev–Trinajstić information content (AvgIpc) is 2.77. The smallest absolute Gasteiger partial charge is 0.429 e. The van der Waals surface area contributed by atoms with Crippen molar-refractivity contribution in [1.29, 1.82) is 0 Å². The van der Waals surface area contributed by atoms with Crippen molar-refractivity contribution in [1.82, 2.24) is 0 Å². The summed E-state index contributed by atoms with van der Waals surface area (Å²) in [4.78, 5) is 22.3. The third-order valence-electron chi connectivity index (χ3n) is 5.21. The molecule has 0 N–H and O–H groups in total. The van der Waals surface area contributed by atoms with E-state index in [1.807, 2.05) is 24.3 Å². The lowest BCUT2D eigenvalue weighted by atomic mass is 9.92. The van der Waals surface area contributed by atoms with Gasteiger partial charge in [0.15, 0.2) is 0 Å². The second-order valence-electron chi connectivity index (χ2n) is 6.97. The van der Waals surface area contributed by atoms with Crippen LogP contribution in [0.2, 0.25) is 0 Å². The molecule has 0 bridgehead atoms. The van der Waals surface area contributed by atoms with E-state index in [9.17, 15) is 14.9 Å². The van der Waals surface area contributed by atoms with Crippen molar-refractivity contribution in [3.05, 3.63) is 94.5 Å². The van der Waals surface area contributed by atoms with Gasteiger partial charge in [-0.1, -0.05) is 54.6 Å². The Morgan fingerprint density at radius 2 is 1.43 bits per heavy atom. The first kappa shape index (κ1) is 17.9. The van der Waals surface area contributed by atoms with Crippen LogP contribution in [-0.2, 0) is 11.3 Å². The van der Waals surface area contributed by atoms with Crippen LogP contribution in [0.3, 0.4) is 0 Å². The highest BCUT2D eigenvalue weighted by Gasteiger charge is 2.13. The lowest BCUT2D eigenvalue weighted by Crippen LogP contribution is -2.10. The normalized spacial score (nSPS) is 11.2. The van der Waals surface area contributed by atoms with Crippen molar-refractivity contribution in [3.63, 3.8) is 0 Å².